The Balaban J connectivity index is 2.45. The molecule has 0 aliphatic carbocycles. The van der Waals surface area contributed by atoms with E-state index >= 15 is 0 Å². The van der Waals surface area contributed by atoms with E-state index in [-0.39, 0.29) is 11.6 Å². The summed E-state index contributed by atoms with van der Waals surface area (Å²) < 4.78 is 5.19. The molecular formula is C14H14N2O2. The number of rotatable bonds is 3. The van der Waals surface area contributed by atoms with Crippen LogP contribution in [0.4, 0.5) is 0 Å². The molecule has 0 amide bonds. The number of nitrogens with zero attached hydrogens (tertiary/aromatic N) is 2. The summed E-state index contributed by atoms with van der Waals surface area (Å²) in [6.45, 7) is 3.80. The molecule has 0 saturated heterocycles. The molecule has 18 heavy (non-hydrogen) atoms. The molecule has 92 valence electrons. The maximum absolute atomic E-state index is 12.3. The lowest BCUT2D eigenvalue weighted by Gasteiger charge is -2.07. The number of aryl methyl sites for hydroxylation is 2. The fourth-order valence-electron chi connectivity index (χ4n) is 1.63. The van der Waals surface area contributed by atoms with E-state index in [2.05, 4.69) is 9.97 Å². The average Bonchev–Trinajstić information content (AvgIpc) is 2.39. The van der Waals surface area contributed by atoms with Gasteiger partial charge < -0.3 is 4.74 Å². The monoisotopic (exact) mass is 242 g/mol. The zero-order chi connectivity index (χ0) is 13.1. The van der Waals surface area contributed by atoms with Gasteiger partial charge in [-0.25, -0.2) is 9.97 Å². The predicted octanol–water partition coefficient (Wildman–Crippen LogP) is 2.33. The second-order valence-electron chi connectivity index (χ2n) is 4.12. The quantitative estimate of drug-likeness (QED) is 0.775. The first kappa shape index (κ1) is 12.2. The molecule has 0 N–H and O–H groups in total. The molecule has 0 spiro atoms. The van der Waals surface area contributed by atoms with Crippen molar-refractivity contribution in [3.8, 4) is 5.75 Å². The Kier molecular flexibility index (Phi) is 3.37. The number of aromatic nitrogens is 2. The summed E-state index contributed by atoms with van der Waals surface area (Å²) >= 11 is 0. The van der Waals surface area contributed by atoms with Crippen molar-refractivity contribution < 1.29 is 9.53 Å². The van der Waals surface area contributed by atoms with E-state index in [1.165, 1.54) is 7.11 Å². The molecule has 0 aliphatic rings. The molecule has 0 saturated carbocycles. The van der Waals surface area contributed by atoms with E-state index in [1.807, 2.05) is 19.9 Å². The summed E-state index contributed by atoms with van der Waals surface area (Å²) in [7, 11) is 1.54. The second-order valence-corrected chi connectivity index (χ2v) is 4.12. The van der Waals surface area contributed by atoms with E-state index in [9.17, 15) is 4.79 Å². The van der Waals surface area contributed by atoms with Crippen molar-refractivity contribution in [2.24, 2.45) is 0 Å². The molecule has 2 rings (SSSR count). The van der Waals surface area contributed by atoms with Gasteiger partial charge in [-0.05, 0) is 31.5 Å². The van der Waals surface area contributed by atoms with Crippen molar-refractivity contribution in [3.05, 3.63) is 53.1 Å². The molecule has 1 aromatic carbocycles. The Morgan fingerprint density at radius 2 is 1.78 bits per heavy atom. The minimum atomic E-state index is -0.226. The lowest BCUT2D eigenvalue weighted by Crippen LogP contribution is -2.08. The topological polar surface area (TPSA) is 52.1 Å². The molecule has 0 bridgehead atoms. The lowest BCUT2D eigenvalue weighted by molar-refractivity contribution is 0.102. The van der Waals surface area contributed by atoms with Crippen LogP contribution in [0.2, 0.25) is 0 Å². The Morgan fingerprint density at radius 1 is 1.11 bits per heavy atom. The number of carbonyl (C=O) groups is 1. The fraction of sp³-hybridized carbons (Fsp3) is 0.214. The van der Waals surface area contributed by atoms with Crippen LogP contribution < -0.4 is 4.74 Å². The number of ether oxygens (including phenoxy) is 1. The van der Waals surface area contributed by atoms with E-state index in [4.69, 9.17) is 4.74 Å². The summed E-state index contributed by atoms with van der Waals surface area (Å²) in [6, 6.07) is 5.45. The number of hydrogen-bond acceptors (Lipinski definition) is 4. The van der Waals surface area contributed by atoms with Gasteiger partial charge in [-0.15, -0.1) is 0 Å². The first-order chi connectivity index (χ1) is 8.61. The maximum atomic E-state index is 12.3. The molecule has 0 aliphatic heterocycles. The molecule has 4 nitrogen and oxygen atoms in total. The number of hydrogen-bond donors (Lipinski definition) is 0. The Labute approximate surface area is 106 Å². The average molecular weight is 242 g/mol. The van der Waals surface area contributed by atoms with Crippen LogP contribution >= 0.6 is 0 Å². The lowest BCUT2D eigenvalue weighted by atomic mass is 10.1. The van der Waals surface area contributed by atoms with Crippen LogP contribution in [0.1, 0.15) is 27.3 Å². The Hall–Kier alpha value is -2.23. The van der Waals surface area contributed by atoms with Crippen LogP contribution in [0.3, 0.4) is 0 Å². The van der Waals surface area contributed by atoms with Gasteiger partial charge >= 0.3 is 0 Å². The Morgan fingerprint density at radius 3 is 2.39 bits per heavy atom. The zero-order valence-corrected chi connectivity index (χ0v) is 10.6. The van der Waals surface area contributed by atoms with Gasteiger partial charge in [-0.3, -0.25) is 4.79 Å². The number of benzene rings is 1. The molecule has 1 aromatic heterocycles. The third kappa shape index (κ3) is 2.37. The highest BCUT2D eigenvalue weighted by molar-refractivity contribution is 6.08. The predicted molar refractivity (Wildman–Crippen MR) is 67.9 cm³/mol. The SMILES string of the molecule is COc1ccc(C)cc1C(=O)c1ncc(C)cn1. The molecule has 4 heteroatoms. The first-order valence-corrected chi connectivity index (χ1v) is 5.60. The van der Waals surface area contributed by atoms with Gasteiger partial charge in [0.2, 0.25) is 11.6 Å². The largest absolute Gasteiger partial charge is 0.496 e. The summed E-state index contributed by atoms with van der Waals surface area (Å²) in [5.41, 5.74) is 2.40. The molecule has 2 aromatic rings. The molecule has 1 heterocycles. The molecule has 0 radical (unpaired) electrons. The van der Waals surface area contributed by atoms with Gasteiger partial charge in [0.25, 0.3) is 0 Å². The van der Waals surface area contributed by atoms with Crippen LogP contribution in [0.25, 0.3) is 0 Å². The van der Waals surface area contributed by atoms with Gasteiger partial charge in [0.15, 0.2) is 0 Å². The van der Waals surface area contributed by atoms with Crippen molar-refractivity contribution in [1.82, 2.24) is 9.97 Å². The highest BCUT2D eigenvalue weighted by Gasteiger charge is 2.16. The minimum Gasteiger partial charge on any atom is -0.496 e. The second kappa shape index (κ2) is 4.96. The third-order valence-electron chi connectivity index (χ3n) is 2.58. The van der Waals surface area contributed by atoms with E-state index in [0.717, 1.165) is 11.1 Å². The van der Waals surface area contributed by atoms with Crippen LogP contribution in [-0.4, -0.2) is 22.9 Å². The van der Waals surface area contributed by atoms with E-state index in [0.29, 0.717) is 11.3 Å². The molecular weight excluding hydrogens is 228 g/mol. The van der Waals surface area contributed by atoms with E-state index < -0.39 is 0 Å². The molecule has 0 atom stereocenters. The molecule has 0 unspecified atom stereocenters. The van der Waals surface area contributed by atoms with Crippen LogP contribution in [0.15, 0.2) is 30.6 Å². The van der Waals surface area contributed by atoms with Crippen LogP contribution in [-0.2, 0) is 0 Å². The van der Waals surface area contributed by atoms with Gasteiger partial charge in [-0.1, -0.05) is 11.6 Å². The minimum absolute atomic E-state index is 0.185. The summed E-state index contributed by atoms with van der Waals surface area (Å²) in [6.07, 6.45) is 3.25. The van der Waals surface area contributed by atoms with Crippen molar-refractivity contribution >= 4 is 5.78 Å². The Bertz CT molecular complexity index is 577. The van der Waals surface area contributed by atoms with Crippen molar-refractivity contribution in [2.75, 3.05) is 7.11 Å². The summed E-state index contributed by atoms with van der Waals surface area (Å²) in [5, 5.41) is 0. The smallest absolute Gasteiger partial charge is 0.233 e. The molecule has 0 fully saturated rings. The van der Waals surface area contributed by atoms with Crippen molar-refractivity contribution in [2.45, 2.75) is 13.8 Å². The first-order valence-electron chi connectivity index (χ1n) is 5.60. The normalized spacial score (nSPS) is 10.2. The zero-order valence-electron chi connectivity index (χ0n) is 10.6. The highest BCUT2D eigenvalue weighted by Crippen LogP contribution is 2.21. The summed E-state index contributed by atoms with van der Waals surface area (Å²) in [4.78, 5) is 20.4. The number of ketones is 1. The van der Waals surface area contributed by atoms with Crippen molar-refractivity contribution in [1.29, 1.82) is 0 Å². The fourth-order valence-corrected chi connectivity index (χ4v) is 1.63. The van der Waals surface area contributed by atoms with Gasteiger partial charge in [0, 0.05) is 12.4 Å². The van der Waals surface area contributed by atoms with Crippen LogP contribution in [0, 0.1) is 13.8 Å². The number of methoxy groups -OCH3 is 1. The standard InChI is InChI=1S/C14H14N2O2/c1-9-4-5-12(18-3)11(6-9)13(17)14-15-7-10(2)8-16-14/h4-8H,1-3H3. The van der Waals surface area contributed by atoms with Gasteiger partial charge in [0.05, 0.1) is 12.7 Å². The number of carbonyl (C=O) groups excluding carboxylic acids is 1. The van der Waals surface area contributed by atoms with E-state index in [1.54, 1.807) is 24.5 Å². The van der Waals surface area contributed by atoms with Gasteiger partial charge in [-0.2, -0.15) is 0 Å². The maximum Gasteiger partial charge on any atom is 0.233 e. The third-order valence-corrected chi connectivity index (χ3v) is 2.58. The highest BCUT2D eigenvalue weighted by atomic mass is 16.5. The van der Waals surface area contributed by atoms with Gasteiger partial charge in [0.1, 0.15) is 5.75 Å². The van der Waals surface area contributed by atoms with Crippen LogP contribution in [0.5, 0.6) is 5.75 Å². The van der Waals surface area contributed by atoms with Crippen molar-refractivity contribution in [3.63, 3.8) is 0 Å². The summed E-state index contributed by atoms with van der Waals surface area (Å²) in [5.74, 6) is 0.495.